The number of likely N-dealkylation sites (N-methyl/N-ethyl adjacent to an activating group) is 1. The van der Waals surface area contributed by atoms with Gasteiger partial charge in [0.25, 0.3) is 0 Å². The number of nitrogens with one attached hydrogen (secondary N) is 1. The topological polar surface area (TPSA) is 88.9 Å². The number of nitrogens with two attached hydrogens (primary N) is 1. The van der Waals surface area contributed by atoms with Crippen LogP contribution in [0.3, 0.4) is 0 Å². The van der Waals surface area contributed by atoms with Crippen molar-refractivity contribution < 1.29 is 9.50 Å². The zero-order valence-corrected chi connectivity index (χ0v) is 9.84. The van der Waals surface area contributed by atoms with Crippen molar-refractivity contribution in [1.82, 2.24) is 9.91 Å². The maximum atomic E-state index is 13.5. The van der Waals surface area contributed by atoms with E-state index in [0.717, 1.165) is 0 Å². The number of halogens is 1. The van der Waals surface area contributed by atoms with Crippen LogP contribution in [0, 0.1) is 11.2 Å². The molecule has 0 aromatic heterocycles. The highest BCUT2D eigenvalue weighted by Crippen LogP contribution is 2.17. The highest BCUT2D eigenvalue weighted by atomic mass is 19.1. The van der Waals surface area contributed by atoms with Crippen molar-refractivity contribution in [3.63, 3.8) is 0 Å². The lowest BCUT2D eigenvalue weighted by Gasteiger charge is -2.23. The lowest BCUT2D eigenvalue weighted by atomic mass is 10.2. The Labute approximate surface area is 104 Å². The summed E-state index contributed by atoms with van der Waals surface area (Å²) in [5.74, 6) is -0.440. The third kappa shape index (κ3) is 2.12. The predicted molar refractivity (Wildman–Crippen MR) is 65.1 cm³/mol. The van der Waals surface area contributed by atoms with E-state index >= 15 is 0 Å². The van der Waals surface area contributed by atoms with E-state index in [0.29, 0.717) is 5.56 Å². The molecule has 0 bridgehead atoms. The van der Waals surface area contributed by atoms with Gasteiger partial charge in [-0.25, -0.2) is 9.40 Å². The number of rotatable bonds is 3. The van der Waals surface area contributed by atoms with E-state index in [2.05, 4.69) is 5.10 Å². The van der Waals surface area contributed by atoms with E-state index in [1.54, 1.807) is 25.2 Å². The van der Waals surface area contributed by atoms with E-state index in [4.69, 9.17) is 11.1 Å². The zero-order chi connectivity index (χ0) is 13.3. The van der Waals surface area contributed by atoms with E-state index < -0.39 is 6.35 Å². The van der Waals surface area contributed by atoms with Crippen LogP contribution < -0.4 is 5.73 Å². The van der Waals surface area contributed by atoms with E-state index in [1.165, 1.54) is 16.0 Å². The number of nitrogens with zero attached hydrogens (tertiary/aromatic N) is 3. The molecule has 0 saturated heterocycles. The summed E-state index contributed by atoms with van der Waals surface area (Å²) in [7, 11) is 1.56. The van der Waals surface area contributed by atoms with Gasteiger partial charge >= 0.3 is 0 Å². The minimum absolute atomic E-state index is 0.106. The molecule has 7 heteroatoms. The summed E-state index contributed by atoms with van der Waals surface area (Å²) in [4.78, 5) is 1.35. The Bertz CT molecular complexity index is 504. The van der Waals surface area contributed by atoms with Crippen LogP contribution in [-0.4, -0.2) is 40.1 Å². The SMILES string of the molecule is CN1C(C(=N)N)=NN(Cc2ccccc2F)C1O. The predicted octanol–water partition coefficient (Wildman–Crippen LogP) is 0.0985. The van der Waals surface area contributed by atoms with Crippen molar-refractivity contribution in [1.29, 1.82) is 5.41 Å². The van der Waals surface area contributed by atoms with Gasteiger partial charge in [0.15, 0.2) is 11.7 Å². The van der Waals surface area contributed by atoms with Crippen molar-refractivity contribution in [3.05, 3.63) is 35.6 Å². The van der Waals surface area contributed by atoms with Gasteiger partial charge in [-0.15, -0.1) is 0 Å². The lowest BCUT2D eigenvalue weighted by Crippen LogP contribution is -2.42. The average Bonchev–Trinajstić information content (AvgIpc) is 2.60. The molecule has 1 heterocycles. The zero-order valence-electron chi connectivity index (χ0n) is 9.84. The van der Waals surface area contributed by atoms with Gasteiger partial charge in [0.1, 0.15) is 5.82 Å². The third-order valence-electron chi connectivity index (χ3n) is 2.70. The number of hydrogen-bond donors (Lipinski definition) is 3. The fourth-order valence-electron chi connectivity index (χ4n) is 1.72. The van der Waals surface area contributed by atoms with Crippen LogP contribution in [0.2, 0.25) is 0 Å². The van der Waals surface area contributed by atoms with Gasteiger partial charge in [-0.3, -0.25) is 5.41 Å². The first kappa shape index (κ1) is 12.3. The summed E-state index contributed by atoms with van der Waals surface area (Å²) in [6.45, 7) is 0.106. The van der Waals surface area contributed by atoms with Gasteiger partial charge in [0.2, 0.25) is 6.35 Å². The second-order valence-electron chi connectivity index (χ2n) is 3.98. The van der Waals surface area contributed by atoms with Crippen LogP contribution in [0.5, 0.6) is 0 Å². The Balaban J connectivity index is 2.20. The molecule has 1 aromatic carbocycles. The fraction of sp³-hybridized carbons (Fsp3) is 0.273. The van der Waals surface area contributed by atoms with Gasteiger partial charge in [-0.1, -0.05) is 18.2 Å². The van der Waals surface area contributed by atoms with Crippen LogP contribution in [0.25, 0.3) is 0 Å². The molecule has 2 rings (SSSR count). The summed E-state index contributed by atoms with van der Waals surface area (Å²) in [5, 5.41) is 22.5. The number of aliphatic hydroxyl groups is 1. The Morgan fingerprint density at radius 2 is 2.22 bits per heavy atom. The highest BCUT2D eigenvalue weighted by Gasteiger charge is 2.31. The molecular weight excluding hydrogens is 237 g/mol. The van der Waals surface area contributed by atoms with Crippen molar-refractivity contribution >= 4 is 11.7 Å². The summed E-state index contributed by atoms with van der Waals surface area (Å²) in [5.41, 5.74) is 5.75. The first-order valence-corrected chi connectivity index (χ1v) is 5.34. The summed E-state index contributed by atoms with van der Waals surface area (Å²) >= 11 is 0. The molecule has 96 valence electrons. The second kappa shape index (κ2) is 4.61. The van der Waals surface area contributed by atoms with Crippen molar-refractivity contribution in [2.24, 2.45) is 10.8 Å². The normalized spacial score (nSPS) is 19.1. The first-order chi connectivity index (χ1) is 8.50. The molecule has 0 aliphatic carbocycles. The number of amidine groups is 2. The molecule has 1 atom stereocenters. The standard InChI is InChI=1S/C11H14FN5O/c1-16-10(9(13)14)15-17(11(16)18)6-7-4-2-3-5-8(7)12/h2-5,11,18H,6H2,1H3,(H3,13,14). The quantitative estimate of drug-likeness (QED) is 0.525. The molecule has 0 amide bonds. The van der Waals surface area contributed by atoms with Gasteiger partial charge < -0.3 is 15.7 Å². The molecule has 1 aromatic rings. The molecular formula is C11H14FN5O. The van der Waals surface area contributed by atoms with Crippen LogP contribution in [0.1, 0.15) is 5.56 Å². The molecule has 1 unspecified atom stereocenters. The Kier molecular flexibility index (Phi) is 3.15. The first-order valence-electron chi connectivity index (χ1n) is 5.34. The number of benzene rings is 1. The Morgan fingerprint density at radius 1 is 1.56 bits per heavy atom. The van der Waals surface area contributed by atoms with Gasteiger partial charge in [0, 0.05) is 12.6 Å². The second-order valence-corrected chi connectivity index (χ2v) is 3.98. The monoisotopic (exact) mass is 251 g/mol. The smallest absolute Gasteiger partial charge is 0.224 e. The largest absolute Gasteiger partial charge is 0.381 e. The van der Waals surface area contributed by atoms with Crippen LogP contribution >= 0.6 is 0 Å². The summed E-state index contributed by atoms with van der Waals surface area (Å²) < 4.78 is 13.5. The molecule has 1 aliphatic rings. The number of hydrazone groups is 1. The van der Waals surface area contributed by atoms with Crippen LogP contribution in [-0.2, 0) is 6.54 Å². The Hall–Kier alpha value is -2.15. The summed E-state index contributed by atoms with van der Waals surface area (Å²) in [6, 6.07) is 6.26. The van der Waals surface area contributed by atoms with Crippen molar-refractivity contribution in [3.8, 4) is 0 Å². The summed E-state index contributed by atoms with van der Waals surface area (Å²) in [6.07, 6.45) is -1.05. The molecule has 0 spiro atoms. The molecule has 0 saturated carbocycles. The van der Waals surface area contributed by atoms with Crippen molar-refractivity contribution in [2.75, 3.05) is 7.05 Å². The third-order valence-corrected chi connectivity index (χ3v) is 2.70. The molecule has 18 heavy (non-hydrogen) atoms. The van der Waals surface area contributed by atoms with E-state index in [9.17, 15) is 9.50 Å². The maximum absolute atomic E-state index is 13.5. The molecule has 0 fully saturated rings. The van der Waals surface area contributed by atoms with E-state index in [-0.39, 0.29) is 24.0 Å². The lowest BCUT2D eigenvalue weighted by molar-refractivity contribution is -0.0540. The van der Waals surface area contributed by atoms with Crippen LogP contribution in [0.4, 0.5) is 4.39 Å². The minimum Gasteiger partial charge on any atom is -0.381 e. The Morgan fingerprint density at radius 3 is 2.78 bits per heavy atom. The van der Waals surface area contributed by atoms with Crippen LogP contribution in [0.15, 0.2) is 29.4 Å². The van der Waals surface area contributed by atoms with Gasteiger partial charge in [-0.2, -0.15) is 5.10 Å². The van der Waals surface area contributed by atoms with E-state index in [1.807, 2.05) is 0 Å². The number of hydrogen-bond acceptors (Lipinski definition) is 5. The molecule has 4 N–H and O–H groups in total. The maximum Gasteiger partial charge on any atom is 0.224 e. The molecule has 1 aliphatic heterocycles. The number of aliphatic hydroxyl groups excluding tert-OH is 1. The molecule has 6 nitrogen and oxygen atoms in total. The molecule has 0 radical (unpaired) electrons. The highest BCUT2D eigenvalue weighted by molar-refractivity contribution is 6.38. The van der Waals surface area contributed by atoms with Crippen molar-refractivity contribution in [2.45, 2.75) is 12.9 Å². The van der Waals surface area contributed by atoms with Gasteiger partial charge in [-0.05, 0) is 6.07 Å². The minimum atomic E-state index is -1.05. The van der Waals surface area contributed by atoms with Gasteiger partial charge in [0.05, 0.1) is 6.54 Å². The average molecular weight is 251 g/mol. The fourth-order valence-corrected chi connectivity index (χ4v) is 1.72.